The number of hydrogen-bond donors (Lipinski definition) is 2. The molecule has 0 radical (unpaired) electrons. The quantitative estimate of drug-likeness (QED) is 0.728. The summed E-state index contributed by atoms with van der Waals surface area (Å²) in [5.41, 5.74) is -0.0990. The molecule has 0 spiro atoms. The number of piperidine rings is 1. The summed E-state index contributed by atoms with van der Waals surface area (Å²) in [6.07, 6.45) is 0.630. The molecule has 2 atom stereocenters. The molecule has 1 aliphatic rings. The molecule has 2 N–H and O–H groups in total. The highest BCUT2D eigenvalue weighted by atomic mass is 32.2. The number of carbonyl (C=O) groups is 2. The first kappa shape index (κ1) is 19.4. The number of nitrogens with one attached hydrogen (secondary N) is 2. The number of carbonyl (C=O) groups excluding carboxylic acids is 2. The Balaban J connectivity index is 2.45. The molecule has 0 bridgehead atoms. The van der Waals surface area contributed by atoms with Gasteiger partial charge >= 0.3 is 11.9 Å². The molecular weight excluding hydrogens is 348 g/mol. The Hall–Kier alpha value is -1.97. The Morgan fingerprint density at radius 3 is 2.48 bits per heavy atom. The minimum absolute atomic E-state index is 0.0360. The van der Waals surface area contributed by atoms with Gasteiger partial charge in [0, 0.05) is 6.04 Å². The Morgan fingerprint density at radius 2 is 1.88 bits per heavy atom. The average Bonchev–Trinajstić information content (AvgIpc) is 2.61. The normalized spacial score (nSPS) is 20.8. The highest BCUT2D eigenvalue weighted by Gasteiger charge is 2.30. The van der Waals surface area contributed by atoms with Gasteiger partial charge in [-0.25, -0.2) is 22.7 Å². The molecule has 0 amide bonds. The predicted molar refractivity (Wildman–Crippen MR) is 89.9 cm³/mol. The molecule has 9 heteroatoms. The third kappa shape index (κ3) is 4.36. The molecule has 25 heavy (non-hydrogen) atoms. The minimum atomic E-state index is -4.03. The predicted octanol–water partition coefficient (Wildman–Crippen LogP) is 0.536. The molecule has 0 aromatic heterocycles. The van der Waals surface area contributed by atoms with Crippen LogP contribution in [0.2, 0.25) is 0 Å². The molecule has 1 heterocycles. The van der Waals surface area contributed by atoms with Gasteiger partial charge < -0.3 is 14.8 Å². The number of methoxy groups -OCH3 is 2. The lowest BCUT2D eigenvalue weighted by Gasteiger charge is -2.30. The highest BCUT2D eigenvalue weighted by Crippen LogP contribution is 2.22. The minimum Gasteiger partial charge on any atom is -0.465 e. The largest absolute Gasteiger partial charge is 0.465 e. The molecule has 1 aromatic rings. The second-order valence-electron chi connectivity index (χ2n) is 5.89. The van der Waals surface area contributed by atoms with Gasteiger partial charge in [-0.2, -0.15) is 0 Å². The van der Waals surface area contributed by atoms with Crippen molar-refractivity contribution in [2.75, 3.05) is 27.3 Å². The van der Waals surface area contributed by atoms with E-state index in [2.05, 4.69) is 19.5 Å². The van der Waals surface area contributed by atoms with Gasteiger partial charge in [-0.15, -0.1) is 0 Å². The lowest BCUT2D eigenvalue weighted by molar-refractivity contribution is 0.0583. The van der Waals surface area contributed by atoms with Gasteiger partial charge in [0.2, 0.25) is 10.0 Å². The van der Waals surface area contributed by atoms with Crippen LogP contribution in [0.1, 0.15) is 34.1 Å². The Kier molecular flexibility index (Phi) is 6.15. The van der Waals surface area contributed by atoms with Crippen LogP contribution < -0.4 is 10.0 Å². The second kappa shape index (κ2) is 7.94. The number of ether oxygens (including phenoxy) is 2. The number of rotatable bonds is 5. The molecule has 1 saturated heterocycles. The fourth-order valence-electron chi connectivity index (χ4n) is 2.72. The smallest absolute Gasteiger partial charge is 0.339 e. The van der Waals surface area contributed by atoms with Crippen LogP contribution in [0, 0.1) is 5.92 Å². The third-order valence-corrected chi connectivity index (χ3v) is 5.72. The lowest BCUT2D eigenvalue weighted by atomic mass is 9.97. The van der Waals surface area contributed by atoms with Gasteiger partial charge in [0.25, 0.3) is 0 Å². The number of sulfonamides is 1. The standard InChI is InChI=1S/C16H22N2O6S/c1-10-9-17-7-6-13(10)18-25(21,22)14-8-11(15(19)23-2)4-5-12(14)16(20)24-3/h4-5,8,10,13,17-18H,6-7,9H2,1-3H3. The van der Waals surface area contributed by atoms with Crippen LogP contribution in [0.5, 0.6) is 0 Å². The van der Waals surface area contributed by atoms with E-state index in [9.17, 15) is 18.0 Å². The number of benzene rings is 1. The summed E-state index contributed by atoms with van der Waals surface area (Å²) < 4.78 is 37.6. The van der Waals surface area contributed by atoms with E-state index in [0.29, 0.717) is 19.5 Å². The van der Waals surface area contributed by atoms with Crippen molar-refractivity contribution in [1.82, 2.24) is 10.0 Å². The summed E-state index contributed by atoms with van der Waals surface area (Å²) >= 11 is 0. The molecule has 1 aromatic carbocycles. The zero-order chi connectivity index (χ0) is 18.6. The lowest BCUT2D eigenvalue weighted by Crippen LogP contribution is -2.48. The maximum absolute atomic E-state index is 12.9. The highest BCUT2D eigenvalue weighted by molar-refractivity contribution is 7.89. The van der Waals surface area contributed by atoms with Crippen LogP contribution in [-0.2, 0) is 19.5 Å². The Bertz CT molecular complexity index is 762. The van der Waals surface area contributed by atoms with Crippen LogP contribution in [0.3, 0.4) is 0 Å². The molecule has 1 aliphatic heterocycles. The topological polar surface area (TPSA) is 111 Å². The first-order chi connectivity index (χ1) is 11.8. The van der Waals surface area contributed by atoms with E-state index >= 15 is 0 Å². The summed E-state index contributed by atoms with van der Waals surface area (Å²) in [7, 11) is -1.67. The van der Waals surface area contributed by atoms with Crippen LogP contribution in [0.15, 0.2) is 23.1 Å². The maximum Gasteiger partial charge on any atom is 0.339 e. The molecule has 0 aliphatic carbocycles. The van der Waals surface area contributed by atoms with Crippen LogP contribution in [-0.4, -0.2) is 53.7 Å². The fraction of sp³-hybridized carbons (Fsp3) is 0.500. The molecule has 2 rings (SSSR count). The van der Waals surface area contributed by atoms with Crippen LogP contribution >= 0.6 is 0 Å². The Morgan fingerprint density at radius 1 is 1.20 bits per heavy atom. The van der Waals surface area contributed by atoms with E-state index < -0.39 is 22.0 Å². The summed E-state index contributed by atoms with van der Waals surface area (Å²) in [5, 5.41) is 3.19. The van der Waals surface area contributed by atoms with Gasteiger partial charge in [-0.3, -0.25) is 0 Å². The molecule has 138 valence electrons. The summed E-state index contributed by atoms with van der Waals surface area (Å²) in [6.45, 7) is 3.33. The van der Waals surface area contributed by atoms with Crippen molar-refractivity contribution in [3.63, 3.8) is 0 Å². The van der Waals surface area contributed by atoms with E-state index in [1.165, 1.54) is 19.2 Å². The number of esters is 2. The molecule has 8 nitrogen and oxygen atoms in total. The maximum atomic E-state index is 12.9. The number of hydrogen-bond acceptors (Lipinski definition) is 7. The first-order valence-electron chi connectivity index (χ1n) is 7.84. The van der Waals surface area contributed by atoms with Crippen molar-refractivity contribution < 1.29 is 27.5 Å². The average molecular weight is 370 g/mol. The third-order valence-electron chi connectivity index (χ3n) is 4.19. The molecule has 1 fully saturated rings. The second-order valence-corrected chi connectivity index (χ2v) is 7.57. The molecule has 0 saturated carbocycles. The van der Waals surface area contributed by atoms with Gasteiger partial charge in [0.1, 0.15) is 0 Å². The fourth-order valence-corrected chi connectivity index (χ4v) is 4.32. The summed E-state index contributed by atoms with van der Waals surface area (Å²) in [5.74, 6) is -1.40. The molecular formula is C16H22N2O6S. The summed E-state index contributed by atoms with van der Waals surface area (Å²) in [6, 6.07) is 3.44. The first-order valence-corrected chi connectivity index (χ1v) is 9.32. The van der Waals surface area contributed by atoms with E-state index in [1.54, 1.807) is 0 Å². The van der Waals surface area contributed by atoms with Crippen molar-refractivity contribution >= 4 is 22.0 Å². The van der Waals surface area contributed by atoms with Gasteiger partial charge in [0.05, 0.1) is 30.2 Å². The van der Waals surface area contributed by atoms with Crippen LogP contribution in [0.4, 0.5) is 0 Å². The van der Waals surface area contributed by atoms with Crippen molar-refractivity contribution in [3.05, 3.63) is 29.3 Å². The monoisotopic (exact) mass is 370 g/mol. The zero-order valence-corrected chi connectivity index (χ0v) is 15.2. The van der Waals surface area contributed by atoms with Crippen LogP contribution in [0.25, 0.3) is 0 Å². The SMILES string of the molecule is COC(=O)c1ccc(C(=O)OC)c(S(=O)(=O)NC2CCNCC2C)c1. The van der Waals surface area contributed by atoms with Gasteiger partial charge in [-0.05, 0) is 43.6 Å². The molecule has 2 unspecified atom stereocenters. The summed E-state index contributed by atoms with van der Waals surface area (Å²) in [4.78, 5) is 23.4. The van der Waals surface area contributed by atoms with E-state index in [1.807, 2.05) is 6.92 Å². The van der Waals surface area contributed by atoms with E-state index in [0.717, 1.165) is 13.2 Å². The van der Waals surface area contributed by atoms with E-state index in [-0.39, 0.29) is 28.0 Å². The van der Waals surface area contributed by atoms with Crippen molar-refractivity contribution in [3.8, 4) is 0 Å². The van der Waals surface area contributed by atoms with Gasteiger partial charge in [0.15, 0.2) is 0 Å². The van der Waals surface area contributed by atoms with E-state index in [4.69, 9.17) is 0 Å². The zero-order valence-electron chi connectivity index (χ0n) is 14.4. The van der Waals surface area contributed by atoms with Crippen molar-refractivity contribution in [2.24, 2.45) is 5.92 Å². The van der Waals surface area contributed by atoms with Gasteiger partial charge in [-0.1, -0.05) is 6.92 Å². The Labute approximate surface area is 146 Å². The van der Waals surface area contributed by atoms with Crippen molar-refractivity contribution in [1.29, 1.82) is 0 Å². The van der Waals surface area contributed by atoms with Crippen molar-refractivity contribution in [2.45, 2.75) is 24.3 Å².